The first-order valence-corrected chi connectivity index (χ1v) is 7.23. The number of hydrogen-bond acceptors (Lipinski definition) is 1. The second kappa shape index (κ2) is 4.59. The Balaban J connectivity index is 2.34. The van der Waals surface area contributed by atoms with Crippen molar-refractivity contribution in [1.82, 2.24) is 5.32 Å². The molecule has 19 heavy (non-hydrogen) atoms. The van der Waals surface area contributed by atoms with E-state index in [1.54, 1.807) is 6.07 Å². The second-order valence-electron chi connectivity index (χ2n) is 6.97. The van der Waals surface area contributed by atoms with E-state index in [0.29, 0.717) is 22.8 Å². The average molecular weight is 263 g/mol. The van der Waals surface area contributed by atoms with Gasteiger partial charge in [-0.25, -0.2) is 4.39 Å². The third-order valence-corrected chi connectivity index (χ3v) is 5.43. The number of halogens is 1. The summed E-state index contributed by atoms with van der Waals surface area (Å²) in [5.41, 5.74) is 2.59. The van der Waals surface area contributed by atoms with Crippen molar-refractivity contribution in [3.05, 3.63) is 35.1 Å². The molecule has 1 unspecified atom stereocenters. The highest BCUT2D eigenvalue weighted by atomic mass is 19.1. The highest BCUT2D eigenvalue weighted by Crippen LogP contribution is 2.72. The summed E-state index contributed by atoms with van der Waals surface area (Å²) < 4.78 is 13.4. The van der Waals surface area contributed by atoms with E-state index in [1.807, 2.05) is 19.1 Å². The molecule has 1 aromatic rings. The molecule has 0 amide bonds. The van der Waals surface area contributed by atoms with E-state index in [4.69, 9.17) is 0 Å². The van der Waals surface area contributed by atoms with Crippen LogP contribution in [0.4, 0.5) is 4.39 Å². The van der Waals surface area contributed by atoms with Gasteiger partial charge in [0.2, 0.25) is 0 Å². The standard InChI is InChI=1S/C17H26FN/c1-7-19-14(15-16(3,4)17(15,5)6)12-8-9-13(18)11(2)10-12/h8-10,14-15,19H,7H2,1-6H3. The maximum Gasteiger partial charge on any atom is 0.126 e. The first kappa shape index (κ1) is 14.5. The molecule has 2 heteroatoms. The Labute approximate surface area is 116 Å². The first-order valence-electron chi connectivity index (χ1n) is 7.23. The predicted octanol–water partition coefficient (Wildman–Crippen LogP) is 4.47. The molecule has 2 rings (SSSR count). The SMILES string of the molecule is CCNC(c1ccc(F)c(C)c1)C1C(C)(C)C1(C)C. The lowest BCUT2D eigenvalue weighted by Gasteiger charge is -2.21. The lowest BCUT2D eigenvalue weighted by molar-refractivity contribution is 0.417. The van der Waals surface area contributed by atoms with Gasteiger partial charge in [-0.15, -0.1) is 0 Å². The van der Waals surface area contributed by atoms with Crippen molar-refractivity contribution in [1.29, 1.82) is 0 Å². The van der Waals surface area contributed by atoms with Crippen molar-refractivity contribution in [3.63, 3.8) is 0 Å². The molecule has 106 valence electrons. The third kappa shape index (κ3) is 2.20. The molecule has 1 aliphatic carbocycles. The zero-order valence-electron chi connectivity index (χ0n) is 13.0. The van der Waals surface area contributed by atoms with Gasteiger partial charge in [0.1, 0.15) is 5.82 Å². The minimum atomic E-state index is -0.117. The summed E-state index contributed by atoms with van der Waals surface area (Å²) >= 11 is 0. The number of rotatable bonds is 4. The van der Waals surface area contributed by atoms with Crippen LogP contribution in [0, 0.1) is 29.5 Å². The molecule has 1 aliphatic rings. The Hall–Kier alpha value is -0.890. The van der Waals surface area contributed by atoms with Gasteiger partial charge >= 0.3 is 0 Å². The van der Waals surface area contributed by atoms with E-state index < -0.39 is 0 Å². The van der Waals surface area contributed by atoms with Crippen molar-refractivity contribution < 1.29 is 4.39 Å². The van der Waals surface area contributed by atoms with Crippen molar-refractivity contribution in [2.75, 3.05) is 6.54 Å². The molecule has 0 bridgehead atoms. The van der Waals surface area contributed by atoms with Crippen LogP contribution in [0.25, 0.3) is 0 Å². The summed E-state index contributed by atoms with van der Waals surface area (Å²) in [5.74, 6) is 0.470. The number of hydrogen-bond donors (Lipinski definition) is 1. The monoisotopic (exact) mass is 263 g/mol. The van der Waals surface area contributed by atoms with Crippen molar-refractivity contribution in [2.24, 2.45) is 16.7 Å². The lowest BCUT2D eigenvalue weighted by Crippen LogP contribution is -2.25. The van der Waals surface area contributed by atoms with Gasteiger partial charge in [-0.2, -0.15) is 0 Å². The van der Waals surface area contributed by atoms with Crippen molar-refractivity contribution in [2.45, 2.75) is 47.6 Å². The fourth-order valence-electron chi connectivity index (χ4n) is 3.59. The largest absolute Gasteiger partial charge is 0.310 e. The Morgan fingerprint density at radius 2 is 1.79 bits per heavy atom. The maximum absolute atomic E-state index is 13.4. The Morgan fingerprint density at radius 1 is 1.21 bits per heavy atom. The van der Waals surface area contributed by atoms with Crippen LogP contribution in [0.5, 0.6) is 0 Å². The molecule has 0 aliphatic heterocycles. The summed E-state index contributed by atoms with van der Waals surface area (Å²) in [6, 6.07) is 5.83. The van der Waals surface area contributed by atoms with Crippen LogP contribution in [-0.2, 0) is 0 Å². The van der Waals surface area contributed by atoms with Gasteiger partial charge in [-0.05, 0) is 47.4 Å². The topological polar surface area (TPSA) is 12.0 Å². The number of nitrogens with one attached hydrogen (secondary N) is 1. The number of aryl methyl sites for hydroxylation is 1. The highest BCUT2D eigenvalue weighted by molar-refractivity contribution is 5.31. The van der Waals surface area contributed by atoms with Gasteiger partial charge in [0.15, 0.2) is 0 Å². The molecule has 1 aromatic carbocycles. The zero-order valence-corrected chi connectivity index (χ0v) is 13.0. The smallest absolute Gasteiger partial charge is 0.126 e. The Kier molecular flexibility index (Phi) is 3.51. The molecule has 1 nitrogen and oxygen atoms in total. The van der Waals surface area contributed by atoms with E-state index in [-0.39, 0.29) is 5.82 Å². The molecule has 1 atom stereocenters. The Morgan fingerprint density at radius 3 is 2.21 bits per heavy atom. The third-order valence-electron chi connectivity index (χ3n) is 5.43. The Bertz CT molecular complexity index is 462. The molecular weight excluding hydrogens is 237 g/mol. The molecular formula is C17H26FN. The summed E-state index contributed by atoms with van der Waals surface area (Å²) in [7, 11) is 0. The van der Waals surface area contributed by atoms with Crippen molar-refractivity contribution in [3.8, 4) is 0 Å². The van der Waals surface area contributed by atoms with E-state index in [2.05, 4.69) is 39.9 Å². The van der Waals surface area contributed by atoms with Gasteiger partial charge in [0.25, 0.3) is 0 Å². The number of benzene rings is 1. The molecule has 0 heterocycles. The quantitative estimate of drug-likeness (QED) is 0.845. The van der Waals surface area contributed by atoms with Gasteiger partial charge in [0, 0.05) is 6.04 Å². The van der Waals surface area contributed by atoms with Crippen LogP contribution in [0.1, 0.15) is 51.8 Å². The fraction of sp³-hybridized carbons (Fsp3) is 0.647. The van der Waals surface area contributed by atoms with E-state index in [9.17, 15) is 4.39 Å². The molecule has 1 saturated carbocycles. The minimum Gasteiger partial charge on any atom is -0.310 e. The van der Waals surface area contributed by atoms with Crippen LogP contribution < -0.4 is 5.32 Å². The summed E-state index contributed by atoms with van der Waals surface area (Å²) in [6.45, 7) is 14.2. The molecule has 0 spiro atoms. The van der Waals surface area contributed by atoms with E-state index in [0.717, 1.165) is 12.1 Å². The molecule has 1 N–H and O–H groups in total. The van der Waals surface area contributed by atoms with Crippen LogP contribution in [-0.4, -0.2) is 6.54 Å². The minimum absolute atomic E-state index is 0.117. The summed E-state index contributed by atoms with van der Waals surface area (Å²) in [6.07, 6.45) is 0. The summed E-state index contributed by atoms with van der Waals surface area (Å²) in [5, 5.41) is 3.60. The van der Waals surface area contributed by atoms with Crippen LogP contribution in [0.3, 0.4) is 0 Å². The van der Waals surface area contributed by atoms with Gasteiger partial charge in [-0.1, -0.05) is 46.8 Å². The van der Waals surface area contributed by atoms with Crippen LogP contribution >= 0.6 is 0 Å². The van der Waals surface area contributed by atoms with Gasteiger partial charge in [0.05, 0.1) is 0 Å². The average Bonchev–Trinajstić information content (AvgIpc) is 2.71. The molecule has 1 fully saturated rings. The molecule has 0 saturated heterocycles. The van der Waals surface area contributed by atoms with Gasteiger partial charge < -0.3 is 5.32 Å². The zero-order chi connectivity index (χ0) is 14.4. The fourth-order valence-corrected chi connectivity index (χ4v) is 3.59. The van der Waals surface area contributed by atoms with E-state index in [1.165, 1.54) is 5.56 Å². The molecule has 0 aromatic heterocycles. The van der Waals surface area contributed by atoms with Crippen molar-refractivity contribution >= 4 is 0 Å². The van der Waals surface area contributed by atoms with Gasteiger partial charge in [-0.3, -0.25) is 0 Å². The second-order valence-corrected chi connectivity index (χ2v) is 6.97. The van der Waals surface area contributed by atoms with Crippen LogP contribution in [0.2, 0.25) is 0 Å². The molecule has 0 radical (unpaired) electrons. The maximum atomic E-state index is 13.4. The predicted molar refractivity (Wildman–Crippen MR) is 78.6 cm³/mol. The van der Waals surface area contributed by atoms with E-state index >= 15 is 0 Å². The lowest BCUT2D eigenvalue weighted by atomic mass is 9.95. The normalized spacial score (nSPS) is 22.3. The summed E-state index contributed by atoms with van der Waals surface area (Å²) in [4.78, 5) is 0. The first-order chi connectivity index (χ1) is 8.73. The van der Waals surface area contributed by atoms with Crippen LogP contribution in [0.15, 0.2) is 18.2 Å². The highest BCUT2D eigenvalue weighted by Gasteiger charge is 2.67.